The molecule has 2 N–H and O–H groups in total. The molecular formula is C20H28Cl2N2O. The molecule has 0 saturated carbocycles. The lowest BCUT2D eigenvalue weighted by Crippen LogP contribution is -2.22. The Labute approximate surface area is 163 Å². The Hall–Kier alpha value is -1.26. The SMILES string of the molecule is Cl.Cl.NCC1CCN(Cc2ccc(OCCc3ccccc3)cc2)C1. The van der Waals surface area contributed by atoms with Gasteiger partial charge in [-0.15, -0.1) is 24.8 Å². The van der Waals surface area contributed by atoms with Crippen LogP contribution >= 0.6 is 24.8 Å². The fraction of sp³-hybridized carbons (Fsp3) is 0.400. The fourth-order valence-electron chi connectivity index (χ4n) is 3.13. The Balaban J connectivity index is 0.00000156. The van der Waals surface area contributed by atoms with Crippen molar-refractivity contribution >= 4 is 24.8 Å². The minimum absolute atomic E-state index is 0. The summed E-state index contributed by atoms with van der Waals surface area (Å²) >= 11 is 0. The van der Waals surface area contributed by atoms with E-state index in [-0.39, 0.29) is 24.8 Å². The van der Waals surface area contributed by atoms with Crippen LogP contribution in [0.15, 0.2) is 54.6 Å². The van der Waals surface area contributed by atoms with Crippen LogP contribution in [-0.2, 0) is 13.0 Å². The molecule has 0 spiro atoms. The van der Waals surface area contributed by atoms with Crippen molar-refractivity contribution in [1.29, 1.82) is 0 Å². The maximum atomic E-state index is 5.84. The summed E-state index contributed by atoms with van der Waals surface area (Å²) in [5, 5.41) is 0. The van der Waals surface area contributed by atoms with E-state index in [0.29, 0.717) is 12.5 Å². The lowest BCUT2D eigenvalue weighted by molar-refractivity contribution is 0.314. The first-order valence-corrected chi connectivity index (χ1v) is 8.51. The number of nitrogens with two attached hydrogens (primary N) is 1. The first-order valence-electron chi connectivity index (χ1n) is 8.51. The second-order valence-electron chi connectivity index (χ2n) is 6.35. The van der Waals surface area contributed by atoms with Crippen LogP contribution in [0.4, 0.5) is 0 Å². The third kappa shape index (κ3) is 6.87. The van der Waals surface area contributed by atoms with Gasteiger partial charge in [-0.05, 0) is 48.7 Å². The molecule has 1 saturated heterocycles. The van der Waals surface area contributed by atoms with Crippen LogP contribution in [0.2, 0.25) is 0 Å². The van der Waals surface area contributed by atoms with E-state index in [1.165, 1.54) is 17.5 Å². The van der Waals surface area contributed by atoms with Gasteiger partial charge in [0.1, 0.15) is 5.75 Å². The summed E-state index contributed by atoms with van der Waals surface area (Å²) in [5.74, 6) is 1.63. The van der Waals surface area contributed by atoms with Crippen molar-refractivity contribution in [3.05, 3.63) is 65.7 Å². The minimum atomic E-state index is 0. The number of hydrogen-bond acceptors (Lipinski definition) is 3. The highest BCUT2D eigenvalue weighted by Crippen LogP contribution is 2.19. The number of halogens is 2. The van der Waals surface area contributed by atoms with Gasteiger partial charge in [-0.1, -0.05) is 42.5 Å². The quantitative estimate of drug-likeness (QED) is 0.787. The zero-order valence-corrected chi connectivity index (χ0v) is 16.1. The zero-order valence-electron chi connectivity index (χ0n) is 14.5. The average molecular weight is 383 g/mol. The molecule has 0 aliphatic carbocycles. The zero-order chi connectivity index (χ0) is 15.9. The first-order chi connectivity index (χ1) is 11.3. The highest BCUT2D eigenvalue weighted by molar-refractivity contribution is 5.85. The molecule has 0 bridgehead atoms. The average Bonchev–Trinajstić information content (AvgIpc) is 3.05. The van der Waals surface area contributed by atoms with E-state index >= 15 is 0 Å². The normalized spacial score (nSPS) is 16.8. The second-order valence-corrected chi connectivity index (χ2v) is 6.35. The van der Waals surface area contributed by atoms with Crippen LogP contribution in [0.3, 0.4) is 0 Å². The summed E-state index contributed by atoms with van der Waals surface area (Å²) in [5.41, 5.74) is 8.41. The van der Waals surface area contributed by atoms with Crippen molar-refractivity contribution in [2.24, 2.45) is 11.7 Å². The summed E-state index contributed by atoms with van der Waals surface area (Å²) < 4.78 is 5.84. The van der Waals surface area contributed by atoms with Gasteiger partial charge in [0.15, 0.2) is 0 Å². The van der Waals surface area contributed by atoms with Crippen molar-refractivity contribution in [3.8, 4) is 5.75 Å². The molecule has 0 radical (unpaired) electrons. The van der Waals surface area contributed by atoms with Gasteiger partial charge in [-0.2, -0.15) is 0 Å². The third-order valence-corrected chi connectivity index (χ3v) is 4.54. The molecule has 1 fully saturated rings. The Kier molecular flexibility index (Phi) is 9.91. The first kappa shape index (κ1) is 21.8. The maximum absolute atomic E-state index is 5.84. The van der Waals surface area contributed by atoms with Crippen molar-refractivity contribution in [1.82, 2.24) is 4.90 Å². The lowest BCUT2D eigenvalue weighted by Gasteiger charge is -2.16. The van der Waals surface area contributed by atoms with Gasteiger partial charge in [0.05, 0.1) is 6.61 Å². The number of likely N-dealkylation sites (tertiary alicyclic amines) is 1. The summed E-state index contributed by atoms with van der Waals surface area (Å²) in [4.78, 5) is 2.49. The molecule has 3 nitrogen and oxygen atoms in total. The summed E-state index contributed by atoms with van der Waals surface area (Å²) in [7, 11) is 0. The maximum Gasteiger partial charge on any atom is 0.119 e. The molecule has 1 aliphatic rings. The Bertz CT molecular complexity index is 592. The van der Waals surface area contributed by atoms with Crippen molar-refractivity contribution in [3.63, 3.8) is 0 Å². The fourth-order valence-corrected chi connectivity index (χ4v) is 3.13. The number of ether oxygens (including phenoxy) is 1. The standard InChI is InChI=1S/C20H26N2O.2ClH/c21-14-19-10-12-22(16-19)15-18-6-8-20(9-7-18)23-13-11-17-4-2-1-3-5-17;;/h1-9,19H,10-16,21H2;2*1H. The summed E-state index contributed by atoms with van der Waals surface area (Å²) in [6.45, 7) is 4.84. The van der Waals surface area contributed by atoms with Crippen molar-refractivity contribution in [2.45, 2.75) is 19.4 Å². The molecule has 1 unspecified atom stereocenters. The van der Waals surface area contributed by atoms with Gasteiger partial charge in [-0.3, -0.25) is 4.90 Å². The van der Waals surface area contributed by atoms with E-state index in [2.05, 4.69) is 53.4 Å². The molecule has 1 heterocycles. The van der Waals surface area contributed by atoms with E-state index in [0.717, 1.165) is 38.3 Å². The molecular weight excluding hydrogens is 355 g/mol. The van der Waals surface area contributed by atoms with E-state index in [4.69, 9.17) is 10.5 Å². The third-order valence-electron chi connectivity index (χ3n) is 4.54. The van der Waals surface area contributed by atoms with Gasteiger partial charge in [0.25, 0.3) is 0 Å². The monoisotopic (exact) mass is 382 g/mol. The predicted molar refractivity (Wildman–Crippen MR) is 109 cm³/mol. The van der Waals surface area contributed by atoms with Crippen molar-refractivity contribution in [2.75, 3.05) is 26.2 Å². The van der Waals surface area contributed by atoms with Gasteiger partial charge in [-0.25, -0.2) is 0 Å². The Morgan fingerprint density at radius 3 is 2.32 bits per heavy atom. The largest absolute Gasteiger partial charge is 0.493 e. The molecule has 3 rings (SSSR count). The molecule has 0 aromatic heterocycles. The second kappa shape index (κ2) is 11.4. The van der Waals surface area contributed by atoms with Crippen LogP contribution in [0.25, 0.3) is 0 Å². The van der Waals surface area contributed by atoms with Crippen LogP contribution in [-0.4, -0.2) is 31.1 Å². The number of nitrogens with zero attached hydrogens (tertiary/aromatic N) is 1. The Morgan fingerprint density at radius 2 is 1.68 bits per heavy atom. The highest BCUT2D eigenvalue weighted by Gasteiger charge is 2.20. The topological polar surface area (TPSA) is 38.5 Å². The van der Waals surface area contributed by atoms with Crippen LogP contribution in [0, 0.1) is 5.92 Å². The number of rotatable bonds is 7. The molecule has 2 aromatic carbocycles. The minimum Gasteiger partial charge on any atom is -0.493 e. The van der Waals surface area contributed by atoms with E-state index in [1.54, 1.807) is 0 Å². The lowest BCUT2D eigenvalue weighted by atomic mass is 10.1. The van der Waals surface area contributed by atoms with E-state index in [1.807, 2.05) is 6.07 Å². The van der Waals surface area contributed by atoms with Gasteiger partial charge < -0.3 is 10.5 Å². The van der Waals surface area contributed by atoms with Gasteiger partial charge >= 0.3 is 0 Å². The number of hydrogen-bond donors (Lipinski definition) is 1. The smallest absolute Gasteiger partial charge is 0.119 e. The molecule has 0 amide bonds. The number of benzene rings is 2. The molecule has 138 valence electrons. The van der Waals surface area contributed by atoms with Crippen molar-refractivity contribution < 1.29 is 4.74 Å². The summed E-state index contributed by atoms with van der Waals surface area (Å²) in [6, 6.07) is 19.0. The van der Waals surface area contributed by atoms with E-state index in [9.17, 15) is 0 Å². The Morgan fingerprint density at radius 1 is 0.960 bits per heavy atom. The molecule has 2 aromatic rings. The highest BCUT2D eigenvalue weighted by atomic mass is 35.5. The van der Waals surface area contributed by atoms with E-state index < -0.39 is 0 Å². The molecule has 1 aliphatic heterocycles. The van der Waals surface area contributed by atoms with Crippen LogP contribution in [0.5, 0.6) is 5.75 Å². The molecule has 5 heteroatoms. The molecule has 25 heavy (non-hydrogen) atoms. The van der Waals surface area contributed by atoms with Crippen LogP contribution < -0.4 is 10.5 Å². The molecule has 1 atom stereocenters. The van der Waals surface area contributed by atoms with Gasteiger partial charge in [0.2, 0.25) is 0 Å². The summed E-state index contributed by atoms with van der Waals surface area (Å²) in [6.07, 6.45) is 2.17. The van der Waals surface area contributed by atoms with Crippen LogP contribution in [0.1, 0.15) is 17.5 Å². The predicted octanol–water partition coefficient (Wildman–Crippen LogP) is 3.93. The van der Waals surface area contributed by atoms with Gasteiger partial charge in [0, 0.05) is 19.5 Å².